The van der Waals surface area contributed by atoms with Crippen molar-refractivity contribution in [3.8, 4) is 40.5 Å². The van der Waals surface area contributed by atoms with E-state index >= 15 is 0 Å². The molecule has 2 aromatic carbocycles. The average Bonchev–Trinajstić information content (AvgIpc) is 3.70. The van der Waals surface area contributed by atoms with Crippen molar-refractivity contribution in [2.75, 3.05) is 18.9 Å². The minimum absolute atomic E-state index is 0.00228. The van der Waals surface area contributed by atoms with E-state index in [2.05, 4.69) is 32.7 Å². The number of anilines is 1. The van der Waals surface area contributed by atoms with Crippen molar-refractivity contribution in [2.45, 2.75) is 82.6 Å². The molecule has 17 nitrogen and oxygen atoms in total. The van der Waals surface area contributed by atoms with Gasteiger partial charge < -0.3 is 46.5 Å². The highest BCUT2D eigenvalue weighted by Crippen LogP contribution is 2.37. The van der Waals surface area contributed by atoms with E-state index in [1.807, 2.05) is 0 Å². The number of nitrogens with two attached hydrogens (primary N) is 3. The first-order valence-corrected chi connectivity index (χ1v) is 20.5. The average molecular weight is 874 g/mol. The minimum Gasteiger partial charge on any atom is -0.490 e. The van der Waals surface area contributed by atoms with Crippen LogP contribution in [0.3, 0.4) is 0 Å². The summed E-state index contributed by atoms with van der Waals surface area (Å²) in [6, 6.07) is 13.7. The van der Waals surface area contributed by atoms with Crippen molar-refractivity contribution in [2.24, 2.45) is 23.3 Å². The zero-order valence-electron chi connectivity index (χ0n) is 34.4. The van der Waals surface area contributed by atoms with Gasteiger partial charge in [0, 0.05) is 21.9 Å². The predicted octanol–water partition coefficient (Wildman–Crippen LogP) is 4.48. The van der Waals surface area contributed by atoms with Crippen LogP contribution in [0, 0.1) is 34.5 Å². The number of aromatic nitrogens is 2. The number of nitrogens with one attached hydrogen (secondary N) is 2. The number of hydrogen-bond donors (Lipinski definition) is 5. The fourth-order valence-electron chi connectivity index (χ4n) is 5.52. The molecule has 322 valence electrons. The second-order valence-corrected chi connectivity index (χ2v) is 16.1. The number of carbonyl (C=O) groups is 4. The van der Waals surface area contributed by atoms with E-state index in [1.165, 1.54) is 31.9 Å². The molecule has 0 aliphatic rings. The molecule has 0 radical (unpaired) electrons. The van der Waals surface area contributed by atoms with Gasteiger partial charge in [0.1, 0.15) is 65.9 Å². The monoisotopic (exact) mass is 873 g/mol. The number of esters is 2. The number of nitriles is 2. The first kappa shape index (κ1) is 47.5. The highest BCUT2D eigenvalue weighted by Gasteiger charge is 2.32. The standard InChI is InChI=1S/C42H48ClN9O8S/c1-21(2)34(50-37(53)23(5)46)41(55)59-19-30(60-42(56)35(22(3)4)51-38(54)24(6)47)18-57-29-13-9-25(10-14-29)33-31(15-44)36(48)52-40(32(33)16-45)61-20-28-17-58-39(49-28)26-7-11-27(43)12-8-26/h7-14,17,21-24,30,34-35H,18-20,46-47H2,1-6H3,(H2,48,52)(H,50,53)(H,51,54)/t23-,24-,30-,34-,35-/m0/s1. The summed E-state index contributed by atoms with van der Waals surface area (Å²) in [5.41, 5.74) is 19.8. The molecule has 8 N–H and O–H groups in total. The van der Waals surface area contributed by atoms with Crippen LogP contribution >= 0.6 is 23.4 Å². The molecule has 2 amide bonds. The number of carbonyl (C=O) groups excluding carboxylic acids is 4. The molecule has 2 aromatic heterocycles. The second kappa shape index (κ2) is 21.9. The Morgan fingerprint density at radius 2 is 1.36 bits per heavy atom. The molecule has 0 aliphatic carbocycles. The molecule has 4 rings (SSSR count). The third kappa shape index (κ3) is 12.9. The Hall–Kier alpha value is -6.18. The first-order chi connectivity index (χ1) is 28.9. The number of hydrogen-bond acceptors (Lipinski definition) is 16. The maximum Gasteiger partial charge on any atom is 0.329 e. The van der Waals surface area contributed by atoms with Crippen molar-refractivity contribution in [1.82, 2.24) is 20.6 Å². The van der Waals surface area contributed by atoms with Crippen molar-refractivity contribution < 1.29 is 37.8 Å². The number of thioether (sulfide) groups is 1. The number of rotatable bonds is 19. The van der Waals surface area contributed by atoms with E-state index in [1.54, 1.807) is 76.2 Å². The van der Waals surface area contributed by atoms with Crippen LogP contribution in [0.15, 0.2) is 64.2 Å². The van der Waals surface area contributed by atoms with E-state index in [0.717, 1.165) is 5.56 Å². The Morgan fingerprint density at radius 3 is 1.90 bits per heavy atom. The predicted molar refractivity (Wildman–Crippen MR) is 227 cm³/mol. The highest BCUT2D eigenvalue weighted by atomic mass is 35.5. The van der Waals surface area contributed by atoms with Crippen molar-refractivity contribution in [3.63, 3.8) is 0 Å². The van der Waals surface area contributed by atoms with Gasteiger partial charge in [-0.2, -0.15) is 10.5 Å². The number of pyridine rings is 1. The van der Waals surface area contributed by atoms with Gasteiger partial charge in [-0.05, 0) is 67.6 Å². The van der Waals surface area contributed by atoms with Crippen LogP contribution in [-0.2, 0) is 34.4 Å². The molecule has 0 saturated heterocycles. The lowest BCUT2D eigenvalue weighted by molar-refractivity contribution is -0.165. The van der Waals surface area contributed by atoms with Crippen LogP contribution in [0.1, 0.15) is 58.4 Å². The van der Waals surface area contributed by atoms with Gasteiger partial charge in [-0.25, -0.2) is 19.6 Å². The quantitative estimate of drug-likeness (QED) is 0.0641. The van der Waals surface area contributed by atoms with E-state index in [9.17, 15) is 29.7 Å². The highest BCUT2D eigenvalue weighted by molar-refractivity contribution is 7.98. The van der Waals surface area contributed by atoms with Gasteiger partial charge >= 0.3 is 11.9 Å². The molecule has 0 unspecified atom stereocenters. The van der Waals surface area contributed by atoms with Gasteiger partial charge in [-0.15, -0.1) is 0 Å². The van der Waals surface area contributed by atoms with E-state index in [4.69, 9.17) is 47.4 Å². The summed E-state index contributed by atoms with van der Waals surface area (Å²) in [4.78, 5) is 60.2. The lowest BCUT2D eigenvalue weighted by Crippen LogP contribution is -2.52. The third-order valence-corrected chi connectivity index (χ3v) is 10.2. The molecular weight excluding hydrogens is 826 g/mol. The molecule has 0 fully saturated rings. The molecule has 5 atom stereocenters. The Morgan fingerprint density at radius 1 is 0.803 bits per heavy atom. The lowest BCUT2D eigenvalue weighted by Gasteiger charge is -2.26. The van der Waals surface area contributed by atoms with Crippen LogP contribution in [0.25, 0.3) is 22.6 Å². The van der Waals surface area contributed by atoms with Crippen molar-refractivity contribution in [1.29, 1.82) is 10.5 Å². The number of ether oxygens (including phenoxy) is 3. The second-order valence-electron chi connectivity index (χ2n) is 14.7. The number of nitrogen functional groups attached to an aromatic ring is 1. The van der Waals surface area contributed by atoms with Crippen LogP contribution < -0.4 is 32.6 Å². The number of benzene rings is 2. The first-order valence-electron chi connectivity index (χ1n) is 19.1. The van der Waals surface area contributed by atoms with Crippen LogP contribution in [0.4, 0.5) is 5.82 Å². The van der Waals surface area contributed by atoms with E-state index in [-0.39, 0.29) is 51.6 Å². The fourth-order valence-corrected chi connectivity index (χ4v) is 6.52. The lowest BCUT2D eigenvalue weighted by atomic mass is 9.97. The molecule has 19 heteroatoms. The third-order valence-electron chi connectivity index (χ3n) is 8.95. The topological polar surface area (TPSA) is 285 Å². The van der Waals surface area contributed by atoms with Crippen LogP contribution in [0.5, 0.6) is 5.75 Å². The van der Waals surface area contributed by atoms with Gasteiger partial charge in [-0.3, -0.25) is 9.59 Å². The molecule has 61 heavy (non-hydrogen) atoms. The summed E-state index contributed by atoms with van der Waals surface area (Å²) < 4.78 is 22.9. The molecule has 0 spiro atoms. The molecular formula is C42H48ClN9O8S. The Bertz CT molecular complexity index is 2270. The molecule has 4 aromatic rings. The zero-order chi connectivity index (χ0) is 45.0. The summed E-state index contributed by atoms with van der Waals surface area (Å²) in [6.45, 7) is 8.98. The Labute approximate surface area is 362 Å². The maximum atomic E-state index is 13.4. The van der Waals surface area contributed by atoms with Crippen LogP contribution in [-0.4, -0.2) is 77.2 Å². The maximum absolute atomic E-state index is 13.4. The summed E-state index contributed by atoms with van der Waals surface area (Å²) in [5.74, 6) is -2.65. The number of oxazole rings is 1. The Balaban J connectivity index is 1.55. The van der Waals surface area contributed by atoms with E-state index in [0.29, 0.717) is 22.2 Å². The van der Waals surface area contributed by atoms with Crippen molar-refractivity contribution in [3.05, 3.63) is 76.6 Å². The largest absolute Gasteiger partial charge is 0.490 e. The number of nitrogens with zero attached hydrogens (tertiary/aromatic N) is 4. The molecule has 0 aliphatic heterocycles. The SMILES string of the molecule is CC(C)[C@H](NC(=O)[C@H](C)N)C(=O)OC[C@H](COc1ccc(-c2c(C#N)c(N)nc(SCc3coc(-c4ccc(Cl)cc4)n3)c2C#N)cc1)OC(=O)[C@@H](NC(=O)[C@H](C)N)C(C)C. The van der Waals surface area contributed by atoms with Crippen LogP contribution in [0.2, 0.25) is 5.02 Å². The molecule has 0 bridgehead atoms. The number of amides is 2. The minimum atomic E-state index is -1.19. The Kier molecular flexibility index (Phi) is 17.0. The summed E-state index contributed by atoms with van der Waals surface area (Å²) in [5, 5.41) is 26.4. The van der Waals surface area contributed by atoms with Gasteiger partial charge in [0.25, 0.3) is 0 Å². The molecule has 2 heterocycles. The van der Waals surface area contributed by atoms with Gasteiger partial charge in [-0.1, -0.05) is 63.2 Å². The van der Waals surface area contributed by atoms with Gasteiger partial charge in [0.05, 0.1) is 23.3 Å². The van der Waals surface area contributed by atoms with Gasteiger partial charge in [0.15, 0.2) is 6.10 Å². The van der Waals surface area contributed by atoms with E-state index < -0.39 is 66.5 Å². The van der Waals surface area contributed by atoms with Crippen molar-refractivity contribution >= 4 is 52.9 Å². The number of halogens is 1. The summed E-state index contributed by atoms with van der Waals surface area (Å²) in [7, 11) is 0. The smallest absolute Gasteiger partial charge is 0.329 e. The van der Waals surface area contributed by atoms with Gasteiger partial charge in [0.2, 0.25) is 17.7 Å². The zero-order valence-corrected chi connectivity index (χ0v) is 36.0. The molecule has 0 saturated carbocycles. The fraction of sp³-hybridized carbons (Fsp3) is 0.381. The summed E-state index contributed by atoms with van der Waals surface area (Å²) >= 11 is 7.19. The normalized spacial score (nSPS) is 13.5. The summed E-state index contributed by atoms with van der Waals surface area (Å²) in [6.07, 6.45) is 0.308.